The Bertz CT molecular complexity index is 832. The van der Waals surface area contributed by atoms with Gasteiger partial charge >= 0.3 is 6.18 Å². The zero-order valence-corrected chi connectivity index (χ0v) is 12.9. The lowest BCUT2D eigenvalue weighted by Crippen LogP contribution is -2.30. The summed E-state index contributed by atoms with van der Waals surface area (Å²) in [6.07, 6.45) is -3.90. The summed E-state index contributed by atoms with van der Waals surface area (Å²) >= 11 is 0. The van der Waals surface area contributed by atoms with Crippen LogP contribution in [-0.4, -0.2) is 17.4 Å². The first-order chi connectivity index (χ1) is 11.8. The molecule has 0 fully saturated rings. The van der Waals surface area contributed by atoms with Crippen molar-refractivity contribution in [3.8, 4) is 0 Å². The van der Waals surface area contributed by atoms with Crippen molar-refractivity contribution in [1.29, 1.82) is 0 Å². The molecule has 5 nitrogen and oxygen atoms in total. The van der Waals surface area contributed by atoms with Crippen molar-refractivity contribution in [2.75, 3.05) is 11.4 Å². The molecule has 1 amide bonds. The minimum Gasteiger partial charge on any atom is -0.311 e. The molecule has 8 heteroatoms. The van der Waals surface area contributed by atoms with Crippen LogP contribution >= 0.6 is 0 Å². The Kier molecular flexibility index (Phi) is 4.20. The Morgan fingerprint density at radius 2 is 1.84 bits per heavy atom. The number of non-ortho nitro benzene ring substituents is 1. The van der Waals surface area contributed by atoms with E-state index in [0.29, 0.717) is 24.2 Å². The van der Waals surface area contributed by atoms with E-state index in [1.807, 2.05) is 0 Å². The Hall–Kier alpha value is -2.90. The highest BCUT2D eigenvalue weighted by atomic mass is 19.4. The number of amides is 1. The summed E-state index contributed by atoms with van der Waals surface area (Å²) in [5.41, 5.74) is 0.910. The molecule has 0 aliphatic carbocycles. The number of nitro groups is 1. The molecule has 2 aromatic carbocycles. The number of hydrogen-bond acceptors (Lipinski definition) is 3. The summed E-state index contributed by atoms with van der Waals surface area (Å²) in [6.45, 7) is 0.399. The highest BCUT2D eigenvalue weighted by Gasteiger charge is 2.30. The van der Waals surface area contributed by atoms with Crippen LogP contribution in [0.2, 0.25) is 0 Å². The van der Waals surface area contributed by atoms with Crippen molar-refractivity contribution in [2.45, 2.75) is 19.0 Å². The molecular formula is C17H13F3N2O3. The van der Waals surface area contributed by atoms with Gasteiger partial charge in [0.05, 0.1) is 22.6 Å². The van der Waals surface area contributed by atoms with Crippen LogP contribution in [0, 0.1) is 10.1 Å². The van der Waals surface area contributed by atoms with Gasteiger partial charge in [0.15, 0.2) is 0 Å². The largest absolute Gasteiger partial charge is 0.416 e. The summed E-state index contributed by atoms with van der Waals surface area (Å²) in [5, 5.41) is 10.9. The van der Waals surface area contributed by atoms with Crippen molar-refractivity contribution in [2.24, 2.45) is 0 Å². The van der Waals surface area contributed by atoms with E-state index in [1.165, 1.54) is 29.2 Å². The molecule has 1 aliphatic rings. The normalized spacial score (nSPS) is 13.6. The number of nitro benzene ring substituents is 1. The molecule has 0 bridgehead atoms. The number of halogens is 3. The van der Waals surface area contributed by atoms with Crippen LogP contribution in [0.25, 0.3) is 0 Å². The van der Waals surface area contributed by atoms with Gasteiger partial charge in [0.2, 0.25) is 5.91 Å². The van der Waals surface area contributed by atoms with Crippen molar-refractivity contribution >= 4 is 17.3 Å². The third-order valence-electron chi connectivity index (χ3n) is 4.11. The van der Waals surface area contributed by atoms with Gasteiger partial charge < -0.3 is 4.90 Å². The fourth-order valence-electron chi connectivity index (χ4n) is 2.82. The van der Waals surface area contributed by atoms with Crippen LogP contribution in [0.1, 0.15) is 16.7 Å². The fourth-order valence-corrected chi connectivity index (χ4v) is 2.82. The van der Waals surface area contributed by atoms with Crippen LogP contribution in [0.5, 0.6) is 0 Å². The topological polar surface area (TPSA) is 63.5 Å². The molecule has 0 unspecified atom stereocenters. The van der Waals surface area contributed by atoms with Crippen LogP contribution in [-0.2, 0) is 23.8 Å². The van der Waals surface area contributed by atoms with Crippen LogP contribution < -0.4 is 4.90 Å². The highest BCUT2D eigenvalue weighted by Crippen LogP contribution is 2.32. The minimum atomic E-state index is -4.42. The molecule has 0 spiro atoms. The molecule has 3 rings (SSSR count). The number of hydrogen-bond donors (Lipinski definition) is 0. The second kappa shape index (κ2) is 6.19. The average Bonchev–Trinajstić information content (AvgIpc) is 2.97. The molecule has 0 saturated heterocycles. The number of benzene rings is 2. The maximum absolute atomic E-state index is 12.6. The molecule has 0 aromatic heterocycles. The summed E-state index contributed by atoms with van der Waals surface area (Å²) in [7, 11) is 0. The third kappa shape index (κ3) is 3.47. The van der Waals surface area contributed by atoms with E-state index in [2.05, 4.69) is 0 Å². The molecule has 1 aliphatic heterocycles. The number of fused-ring (bicyclic) bond motifs is 1. The van der Waals surface area contributed by atoms with Gasteiger partial charge in [0, 0.05) is 18.7 Å². The minimum absolute atomic E-state index is 0.0692. The summed E-state index contributed by atoms with van der Waals surface area (Å²) in [4.78, 5) is 24.3. The van der Waals surface area contributed by atoms with Crippen LogP contribution in [0.4, 0.5) is 24.5 Å². The monoisotopic (exact) mass is 350 g/mol. The zero-order chi connectivity index (χ0) is 18.2. The van der Waals surface area contributed by atoms with Gasteiger partial charge in [-0.3, -0.25) is 14.9 Å². The van der Waals surface area contributed by atoms with Crippen molar-refractivity contribution in [1.82, 2.24) is 0 Å². The van der Waals surface area contributed by atoms with E-state index in [4.69, 9.17) is 0 Å². The number of carbonyl (C=O) groups excluding carboxylic acids is 1. The van der Waals surface area contributed by atoms with E-state index in [1.54, 1.807) is 6.07 Å². The fraction of sp³-hybridized carbons (Fsp3) is 0.235. The van der Waals surface area contributed by atoms with E-state index >= 15 is 0 Å². The van der Waals surface area contributed by atoms with Gasteiger partial charge in [-0.05, 0) is 29.7 Å². The van der Waals surface area contributed by atoms with Crippen molar-refractivity contribution in [3.05, 3.63) is 69.3 Å². The van der Waals surface area contributed by atoms with Crippen molar-refractivity contribution < 1.29 is 22.9 Å². The van der Waals surface area contributed by atoms with E-state index in [-0.39, 0.29) is 18.0 Å². The first kappa shape index (κ1) is 16.9. The van der Waals surface area contributed by atoms with Crippen molar-refractivity contribution in [3.63, 3.8) is 0 Å². The van der Waals surface area contributed by atoms with Gasteiger partial charge in [-0.1, -0.05) is 18.2 Å². The van der Waals surface area contributed by atoms with Gasteiger partial charge in [-0.2, -0.15) is 13.2 Å². The number of anilines is 1. The number of nitrogens with zero attached hydrogens (tertiary/aromatic N) is 2. The summed E-state index contributed by atoms with van der Waals surface area (Å²) in [5.74, 6) is -0.306. The number of rotatable bonds is 3. The third-order valence-corrected chi connectivity index (χ3v) is 4.11. The van der Waals surface area contributed by atoms with Gasteiger partial charge in [0.1, 0.15) is 0 Å². The smallest absolute Gasteiger partial charge is 0.311 e. The Morgan fingerprint density at radius 3 is 2.44 bits per heavy atom. The van der Waals surface area contributed by atoms with Gasteiger partial charge in [-0.15, -0.1) is 0 Å². The molecule has 2 aromatic rings. The van der Waals surface area contributed by atoms with E-state index in [0.717, 1.165) is 17.7 Å². The first-order valence-electron chi connectivity index (χ1n) is 7.49. The lowest BCUT2D eigenvalue weighted by molar-refractivity contribution is -0.384. The Labute approximate surface area is 140 Å². The standard InChI is InChI=1S/C17H13F3N2O3/c18-17(19,20)13-4-1-11(2-5-13)9-16(23)21-8-7-12-3-6-14(22(24)25)10-15(12)21/h1-6,10H,7-9H2. The first-order valence-corrected chi connectivity index (χ1v) is 7.49. The molecule has 0 atom stereocenters. The second-order valence-electron chi connectivity index (χ2n) is 5.74. The zero-order valence-electron chi connectivity index (χ0n) is 12.9. The molecule has 0 saturated carbocycles. The Balaban J connectivity index is 1.77. The maximum Gasteiger partial charge on any atom is 0.416 e. The van der Waals surface area contributed by atoms with Crippen LogP contribution in [0.15, 0.2) is 42.5 Å². The quantitative estimate of drug-likeness (QED) is 0.626. The number of carbonyl (C=O) groups is 1. The Morgan fingerprint density at radius 1 is 1.16 bits per heavy atom. The van der Waals surface area contributed by atoms with Crippen LogP contribution in [0.3, 0.4) is 0 Å². The van der Waals surface area contributed by atoms with E-state index in [9.17, 15) is 28.1 Å². The predicted octanol–water partition coefficient (Wildman–Crippen LogP) is 3.75. The van der Waals surface area contributed by atoms with E-state index < -0.39 is 16.7 Å². The summed E-state index contributed by atoms with van der Waals surface area (Å²) in [6, 6.07) is 8.78. The SMILES string of the molecule is O=C(Cc1ccc(C(F)(F)F)cc1)N1CCc2ccc([N+](=O)[O-])cc21. The molecule has 0 N–H and O–H groups in total. The van der Waals surface area contributed by atoms with Gasteiger partial charge in [0.25, 0.3) is 5.69 Å². The summed E-state index contributed by atoms with van der Waals surface area (Å²) < 4.78 is 37.7. The highest BCUT2D eigenvalue weighted by molar-refractivity contribution is 5.97. The van der Waals surface area contributed by atoms with Gasteiger partial charge in [-0.25, -0.2) is 0 Å². The lowest BCUT2D eigenvalue weighted by atomic mass is 10.1. The predicted molar refractivity (Wildman–Crippen MR) is 84.3 cm³/mol. The second-order valence-corrected chi connectivity index (χ2v) is 5.74. The molecule has 1 heterocycles. The molecule has 130 valence electrons. The maximum atomic E-state index is 12.6. The molecule has 0 radical (unpaired) electrons. The average molecular weight is 350 g/mol. The molecular weight excluding hydrogens is 337 g/mol. The molecule has 25 heavy (non-hydrogen) atoms. The number of alkyl halides is 3. The lowest BCUT2D eigenvalue weighted by Gasteiger charge is -2.17.